The second-order valence-corrected chi connectivity index (χ2v) is 4.97. The molecule has 0 bridgehead atoms. The third-order valence-corrected chi connectivity index (χ3v) is 3.67. The number of carbonyl (C=O) groups is 2. The summed E-state index contributed by atoms with van der Waals surface area (Å²) >= 11 is 0. The van der Waals surface area contributed by atoms with Gasteiger partial charge in [0.05, 0.1) is 11.8 Å². The average molecular weight is 283 g/mol. The van der Waals surface area contributed by atoms with E-state index in [1.54, 1.807) is 31.2 Å². The molecule has 1 saturated heterocycles. The highest BCUT2D eigenvalue weighted by Crippen LogP contribution is 2.30. The van der Waals surface area contributed by atoms with Gasteiger partial charge in [0.1, 0.15) is 0 Å². The van der Waals surface area contributed by atoms with Crippen LogP contribution in [0.5, 0.6) is 0 Å². The van der Waals surface area contributed by atoms with Gasteiger partial charge in [0.2, 0.25) is 6.43 Å². The first-order valence-electron chi connectivity index (χ1n) is 6.27. The van der Waals surface area contributed by atoms with Gasteiger partial charge in [-0.15, -0.1) is 0 Å². The molecule has 1 fully saturated rings. The summed E-state index contributed by atoms with van der Waals surface area (Å²) in [6.45, 7) is 1.36. The summed E-state index contributed by atoms with van der Waals surface area (Å²) in [5, 5.41) is 8.99. The first-order valence-corrected chi connectivity index (χ1v) is 6.27. The zero-order valence-electron chi connectivity index (χ0n) is 10.9. The summed E-state index contributed by atoms with van der Waals surface area (Å²) in [4.78, 5) is 24.5. The lowest BCUT2D eigenvalue weighted by Gasteiger charge is -2.17. The van der Waals surface area contributed by atoms with Crippen LogP contribution in [0.1, 0.15) is 15.9 Å². The molecule has 20 heavy (non-hydrogen) atoms. The predicted molar refractivity (Wildman–Crippen MR) is 67.7 cm³/mol. The van der Waals surface area contributed by atoms with Crippen LogP contribution in [0.4, 0.5) is 8.78 Å². The Kier molecular flexibility index (Phi) is 4.01. The van der Waals surface area contributed by atoms with Crippen LogP contribution in [0.25, 0.3) is 0 Å². The number of amides is 1. The molecule has 1 N–H and O–H groups in total. The van der Waals surface area contributed by atoms with Crippen molar-refractivity contribution in [3.63, 3.8) is 0 Å². The summed E-state index contributed by atoms with van der Waals surface area (Å²) in [6.07, 6.45) is -2.74. The topological polar surface area (TPSA) is 57.6 Å². The number of rotatable bonds is 3. The summed E-state index contributed by atoms with van der Waals surface area (Å²) in [5.74, 6) is -4.18. The lowest BCUT2D eigenvalue weighted by atomic mass is 9.97. The molecule has 108 valence electrons. The zero-order valence-corrected chi connectivity index (χ0v) is 10.9. The van der Waals surface area contributed by atoms with Crippen LogP contribution in [-0.2, 0) is 4.79 Å². The number of hydrogen-bond acceptors (Lipinski definition) is 2. The molecule has 1 heterocycles. The number of likely N-dealkylation sites (tertiary alicyclic amines) is 1. The Morgan fingerprint density at radius 2 is 1.95 bits per heavy atom. The lowest BCUT2D eigenvalue weighted by Crippen LogP contribution is -2.30. The van der Waals surface area contributed by atoms with Crippen LogP contribution in [0.2, 0.25) is 0 Å². The van der Waals surface area contributed by atoms with Crippen molar-refractivity contribution in [3.8, 4) is 0 Å². The van der Waals surface area contributed by atoms with Crippen LogP contribution in [-0.4, -0.2) is 41.4 Å². The van der Waals surface area contributed by atoms with E-state index in [2.05, 4.69) is 0 Å². The Bertz CT molecular complexity index is 533. The van der Waals surface area contributed by atoms with Crippen LogP contribution >= 0.6 is 0 Å². The standard InChI is InChI=1S/C14H15F2NO3/c1-8-4-2-3-5-9(8)13(18)17-6-10(12(15)16)11(7-17)14(19)20/h2-5,10-12H,6-7H2,1H3,(H,19,20)/t10-,11-/m1/s1. The minimum Gasteiger partial charge on any atom is -0.481 e. The molecule has 2 rings (SSSR count). The van der Waals surface area contributed by atoms with E-state index in [-0.39, 0.29) is 13.1 Å². The minimum absolute atomic E-state index is 0.169. The number of nitrogens with zero attached hydrogens (tertiary/aromatic N) is 1. The third-order valence-electron chi connectivity index (χ3n) is 3.67. The van der Waals surface area contributed by atoms with Gasteiger partial charge in [0.25, 0.3) is 5.91 Å². The SMILES string of the molecule is Cc1ccccc1C(=O)N1C[C@@H](C(=O)O)[C@H](C(F)F)C1. The maximum absolute atomic E-state index is 12.9. The highest BCUT2D eigenvalue weighted by molar-refractivity contribution is 5.96. The first-order chi connectivity index (χ1) is 9.41. The smallest absolute Gasteiger partial charge is 0.308 e. The van der Waals surface area contributed by atoms with Crippen LogP contribution in [0.3, 0.4) is 0 Å². The number of aliphatic carboxylic acids is 1. The highest BCUT2D eigenvalue weighted by atomic mass is 19.3. The predicted octanol–water partition coefficient (Wildman–Crippen LogP) is 2.03. The molecule has 0 aromatic heterocycles. The number of halogens is 2. The van der Waals surface area contributed by atoms with E-state index >= 15 is 0 Å². The van der Waals surface area contributed by atoms with Crippen molar-refractivity contribution in [3.05, 3.63) is 35.4 Å². The van der Waals surface area contributed by atoms with Gasteiger partial charge in [-0.1, -0.05) is 18.2 Å². The quantitative estimate of drug-likeness (QED) is 0.923. The van der Waals surface area contributed by atoms with Crippen molar-refractivity contribution in [1.82, 2.24) is 4.90 Å². The second-order valence-electron chi connectivity index (χ2n) is 4.97. The third kappa shape index (κ3) is 2.64. The Labute approximate surface area is 115 Å². The molecule has 1 aromatic rings. The molecule has 0 saturated carbocycles. The van der Waals surface area contributed by atoms with Gasteiger partial charge in [-0.3, -0.25) is 9.59 Å². The molecule has 0 unspecified atom stereocenters. The Hall–Kier alpha value is -1.98. The Morgan fingerprint density at radius 3 is 2.45 bits per heavy atom. The van der Waals surface area contributed by atoms with Gasteiger partial charge in [-0.25, -0.2) is 8.78 Å². The number of carboxylic acid groups (broad SMARTS) is 1. The van der Waals surface area contributed by atoms with Gasteiger partial charge < -0.3 is 10.0 Å². The number of carbonyl (C=O) groups excluding carboxylic acids is 1. The second kappa shape index (κ2) is 5.56. The molecule has 0 aliphatic carbocycles. The summed E-state index contributed by atoms with van der Waals surface area (Å²) in [6, 6.07) is 6.83. The monoisotopic (exact) mass is 283 g/mol. The number of alkyl halides is 2. The lowest BCUT2D eigenvalue weighted by molar-refractivity contribution is -0.144. The molecule has 6 heteroatoms. The molecular weight excluding hydrogens is 268 g/mol. The molecule has 1 aliphatic rings. The molecule has 4 nitrogen and oxygen atoms in total. The number of hydrogen-bond donors (Lipinski definition) is 1. The first kappa shape index (κ1) is 14.4. The van der Waals surface area contributed by atoms with Gasteiger partial charge in [0, 0.05) is 18.7 Å². The van der Waals surface area contributed by atoms with Crippen LogP contribution in [0, 0.1) is 18.8 Å². The van der Waals surface area contributed by atoms with Gasteiger partial charge in [-0.05, 0) is 18.6 Å². The van der Waals surface area contributed by atoms with E-state index in [4.69, 9.17) is 5.11 Å². The summed E-state index contributed by atoms with van der Waals surface area (Å²) < 4.78 is 25.7. The normalized spacial score (nSPS) is 22.3. The molecule has 0 spiro atoms. The van der Waals surface area contributed by atoms with E-state index in [1.165, 1.54) is 4.90 Å². The van der Waals surface area contributed by atoms with E-state index in [0.29, 0.717) is 5.56 Å². The summed E-state index contributed by atoms with van der Waals surface area (Å²) in [5.41, 5.74) is 1.16. The van der Waals surface area contributed by atoms with Gasteiger partial charge in [0.15, 0.2) is 0 Å². The van der Waals surface area contributed by atoms with E-state index in [9.17, 15) is 18.4 Å². The fourth-order valence-corrected chi connectivity index (χ4v) is 2.49. The van der Waals surface area contributed by atoms with Crippen molar-refractivity contribution in [2.75, 3.05) is 13.1 Å². The molecule has 0 radical (unpaired) electrons. The van der Waals surface area contributed by atoms with Crippen LogP contribution in [0.15, 0.2) is 24.3 Å². The minimum atomic E-state index is -2.74. The maximum atomic E-state index is 12.9. The fourth-order valence-electron chi connectivity index (χ4n) is 2.49. The fraction of sp³-hybridized carbons (Fsp3) is 0.429. The van der Waals surface area contributed by atoms with Crippen LogP contribution < -0.4 is 0 Å². The number of aryl methyl sites for hydroxylation is 1. The average Bonchev–Trinajstić information content (AvgIpc) is 2.84. The van der Waals surface area contributed by atoms with Crippen molar-refractivity contribution < 1.29 is 23.5 Å². The van der Waals surface area contributed by atoms with E-state index < -0.39 is 30.1 Å². The van der Waals surface area contributed by atoms with Gasteiger partial charge >= 0.3 is 5.97 Å². The van der Waals surface area contributed by atoms with Gasteiger partial charge in [-0.2, -0.15) is 0 Å². The maximum Gasteiger partial charge on any atom is 0.308 e. The van der Waals surface area contributed by atoms with Crippen molar-refractivity contribution >= 4 is 11.9 Å². The number of carboxylic acids is 1. The zero-order chi connectivity index (χ0) is 14.9. The van der Waals surface area contributed by atoms with Crippen molar-refractivity contribution in [1.29, 1.82) is 0 Å². The molecule has 2 atom stereocenters. The highest BCUT2D eigenvalue weighted by Gasteiger charge is 2.44. The molecule has 1 aliphatic heterocycles. The van der Waals surface area contributed by atoms with Crippen molar-refractivity contribution in [2.24, 2.45) is 11.8 Å². The van der Waals surface area contributed by atoms with Crippen molar-refractivity contribution in [2.45, 2.75) is 13.3 Å². The summed E-state index contributed by atoms with van der Waals surface area (Å²) in [7, 11) is 0. The Balaban J connectivity index is 2.21. The molecule has 1 aromatic carbocycles. The van der Waals surface area contributed by atoms with E-state index in [0.717, 1.165) is 5.56 Å². The molecule has 1 amide bonds. The molecular formula is C14H15F2NO3. The Morgan fingerprint density at radius 1 is 1.30 bits per heavy atom. The largest absolute Gasteiger partial charge is 0.481 e. The van der Waals surface area contributed by atoms with E-state index in [1.807, 2.05) is 0 Å². The number of benzene rings is 1.